The molecule has 172 valence electrons. The number of hydrogen-bond acceptors (Lipinski definition) is 9. The topological polar surface area (TPSA) is 95.7 Å². The highest BCUT2D eigenvalue weighted by Gasteiger charge is 2.15. The average molecular weight is 448 g/mol. The molecular weight excluding hydrogens is 418 g/mol. The second-order valence-electron chi connectivity index (χ2n) is 7.88. The number of benzene rings is 1. The summed E-state index contributed by atoms with van der Waals surface area (Å²) >= 11 is 0. The van der Waals surface area contributed by atoms with Crippen molar-refractivity contribution in [1.29, 1.82) is 0 Å². The van der Waals surface area contributed by atoms with Crippen LogP contribution < -0.4 is 20.3 Å². The van der Waals surface area contributed by atoms with E-state index in [-0.39, 0.29) is 0 Å². The van der Waals surface area contributed by atoms with Crippen LogP contribution >= 0.6 is 0 Å². The maximum Gasteiger partial charge on any atom is 0.227 e. The highest BCUT2D eigenvalue weighted by molar-refractivity contribution is 5.80. The smallest absolute Gasteiger partial charge is 0.227 e. The molecule has 0 spiro atoms. The largest absolute Gasteiger partial charge is 0.494 e. The highest BCUT2D eigenvalue weighted by atomic mass is 16.5. The molecule has 0 amide bonds. The van der Waals surface area contributed by atoms with Crippen molar-refractivity contribution in [2.75, 3.05) is 63.9 Å². The van der Waals surface area contributed by atoms with Crippen molar-refractivity contribution in [3.63, 3.8) is 0 Å². The van der Waals surface area contributed by atoms with Crippen molar-refractivity contribution >= 4 is 28.7 Å². The third-order valence-corrected chi connectivity index (χ3v) is 5.30. The van der Waals surface area contributed by atoms with Crippen molar-refractivity contribution < 1.29 is 4.74 Å². The Labute approximate surface area is 193 Å². The quantitative estimate of drug-likeness (QED) is 0.401. The van der Waals surface area contributed by atoms with Crippen LogP contribution in [-0.2, 0) is 0 Å². The highest BCUT2D eigenvalue weighted by Crippen LogP contribution is 2.37. The molecule has 3 heterocycles. The van der Waals surface area contributed by atoms with Crippen molar-refractivity contribution in [3.8, 4) is 17.1 Å². The van der Waals surface area contributed by atoms with Gasteiger partial charge in [-0.2, -0.15) is 5.10 Å². The Morgan fingerprint density at radius 3 is 2.58 bits per heavy atom. The lowest BCUT2D eigenvalue weighted by atomic mass is 10.2. The van der Waals surface area contributed by atoms with Gasteiger partial charge in [-0.15, -0.1) is 0 Å². The fraction of sp³-hybridized carbons (Fsp3) is 0.304. The number of nitrogens with zero attached hydrogens (tertiary/aromatic N) is 7. The Morgan fingerprint density at radius 1 is 0.970 bits per heavy atom. The number of likely N-dealkylation sites (N-methyl/N-ethyl adjacent to an activating group) is 2. The van der Waals surface area contributed by atoms with E-state index in [0.717, 1.165) is 41.5 Å². The minimum atomic E-state index is 0.453. The lowest BCUT2D eigenvalue weighted by Gasteiger charge is -2.25. The molecule has 0 bridgehead atoms. The van der Waals surface area contributed by atoms with Crippen molar-refractivity contribution in [2.45, 2.75) is 0 Å². The molecule has 0 unspecified atom stereocenters. The first-order valence-corrected chi connectivity index (χ1v) is 10.6. The molecule has 0 atom stereocenters. The van der Waals surface area contributed by atoms with Gasteiger partial charge in [-0.1, -0.05) is 0 Å². The molecule has 0 radical (unpaired) electrons. The SMILES string of the molecule is CNc1cc(Nc2nccc(-c3ccc4nccn4n3)n2)c(OC)cc1N(C)CCN(C)C. The number of nitrogens with one attached hydrogen (secondary N) is 2. The van der Waals surface area contributed by atoms with E-state index in [4.69, 9.17) is 4.74 Å². The molecule has 0 aliphatic rings. The van der Waals surface area contributed by atoms with Gasteiger partial charge in [0.2, 0.25) is 5.95 Å². The average Bonchev–Trinajstić information content (AvgIpc) is 3.30. The van der Waals surface area contributed by atoms with E-state index in [1.165, 1.54) is 0 Å². The van der Waals surface area contributed by atoms with Gasteiger partial charge < -0.3 is 25.2 Å². The van der Waals surface area contributed by atoms with Gasteiger partial charge in [0.05, 0.1) is 29.9 Å². The van der Waals surface area contributed by atoms with E-state index in [9.17, 15) is 0 Å². The van der Waals surface area contributed by atoms with Gasteiger partial charge in [-0.05, 0) is 38.4 Å². The number of ether oxygens (including phenoxy) is 1. The molecule has 4 rings (SSSR count). The molecule has 0 fully saturated rings. The summed E-state index contributed by atoms with van der Waals surface area (Å²) in [6, 6.07) is 9.65. The van der Waals surface area contributed by atoms with E-state index in [2.05, 4.69) is 61.6 Å². The van der Waals surface area contributed by atoms with Crippen LogP contribution in [0.4, 0.5) is 23.0 Å². The van der Waals surface area contributed by atoms with Gasteiger partial charge in [0.15, 0.2) is 5.65 Å². The zero-order chi connectivity index (χ0) is 23.4. The zero-order valence-corrected chi connectivity index (χ0v) is 19.6. The van der Waals surface area contributed by atoms with Crippen LogP contribution in [0.3, 0.4) is 0 Å². The Morgan fingerprint density at radius 2 is 1.82 bits per heavy atom. The molecule has 10 nitrogen and oxygen atoms in total. The summed E-state index contributed by atoms with van der Waals surface area (Å²) in [5, 5.41) is 11.1. The normalized spacial score (nSPS) is 11.1. The lowest BCUT2D eigenvalue weighted by Crippen LogP contribution is -2.29. The Balaban J connectivity index is 1.62. The van der Waals surface area contributed by atoms with Gasteiger partial charge >= 0.3 is 0 Å². The molecule has 33 heavy (non-hydrogen) atoms. The molecule has 2 N–H and O–H groups in total. The number of hydrogen-bond donors (Lipinski definition) is 2. The van der Waals surface area contributed by atoms with Crippen molar-refractivity contribution in [1.82, 2.24) is 29.5 Å². The first-order valence-electron chi connectivity index (χ1n) is 10.6. The number of rotatable bonds is 9. The predicted molar refractivity (Wildman–Crippen MR) is 132 cm³/mol. The molecular formula is C23H29N9O. The summed E-state index contributed by atoms with van der Waals surface area (Å²) in [6.45, 7) is 1.83. The summed E-state index contributed by atoms with van der Waals surface area (Å²) in [5.74, 6) is 1.15. The van der Waals surface area contributed by atoms with Crippen LogP contribution in [0.25, 0.3) is 17.0 Å². The van der Waals surface area contributed by atoms with Gasteiger partial charge in [-0.3, -0.25) is 0 Å². The molecule has 3 aromatic heterocycles. The van der Waals surface area contributed by atoms with Crippen LogP contribution in [-0.4, -0.2) is 77.9 Å². The van der Waals surface area contributed by atoms with Crippen molar-refractivity contribution in [3.05, 3.63) is 48.9 Å². The Bertz CT molecular complexity index is 1240. The second kappa shape index (κ2) is 9.70. The van der Waals surface area contributed by atoms with Crippen LogP contribution in [0.1, 0.15) is 0 Å². The molecule has 4 aromatic rings. The summed E-state index contributed by atoms with van der Waals surface area (Å²) in [4.78, 5) is 17.6. The molecule has 0 saturated heterocycles. The number of imidazole rings is 1. The van der Waals surface area contributed by atoms with Crippen molar-refractivity contribution in [2.24, 2.45) is 0 Å². The maximum absolute atomic E-state index is 5.68. The summed E-state index contributed by atoms with van der Waals surface area (Å²) in [6.07, 6.45) is 5.23. The summed E-state index contributed by atoms with van der Waals surface area (Å²) in [5.41, 5.74) is 5.01. The van der Waals surface area contributed by atoms with Gasteiger partial charge in [0.25, 0.3) is 0 Å². The third kappa shape index (κ3) is 4.96. The maximum atomic E-state index is 5.68. The summed E-state index contributed by atoms with van der Waals surface area (Å²) < 4.78 is 7.40. The molecule has 0 aliphatic heterocycles. The number of anilines is 4. The van der Waals surface area contributed by atoms with Gasteiger partial charge in [0.1, 0.15) is 11.4 Å². The third-order valence-electron chi connectivity index (χ3n) is 5.30. The first kappa shape index (κ1) is 22.3. The molecule has 0 saturated carbocycles. The molecule has 10 heteroatoms. The van der Waals surface area contributed by atoms with Crippen LogP contribution in [0.2, 0.25) is 0 Å². The number of fused-ring (bicyclic) bond motifs is 1. The lowest BCUT2D eigenvalue weighted by molar-refractivity contribution is 0.413. The number of aromatic nitrogens is 5. The van der Waals surface area contributed by atoms with E-state index in [1.54, 1.807) is 30.2 Å². The minimum Gasteiger partial charge on any atom is -0.494 e. The monoisotopic (exact) mass is 447 g/mol. The Kier molecular flexibility index (Phi) is 6.55. The molecule has 1 aromatic carbocycles. The first-order chi connectivity index (χ1) is 16.0. The van der Waals surface area contributed by atoms with E-state index in [0.29, 0.717) is 17.4 Å². The van der Waals surface area contributed by atoms with E-state index < -0.39 is 0 Å². The van der Waals surface area contributed by atoms with Gasteiger partial charge in [0, 0.05) is 51.8 Å². The van der Waals surface area contributed by atoms with E-state index >= 15 is 0 Å². The Hall–Kier alpha value is -3.92. The number of methoxy groups -OCH3 is 1. The summed E-state index contributed by atoms with van der Waals surface area (Å²) in [7, 11) is 9.77. The molecule has 0 aliphatic carbocycles. The zero-order valence-electron chi connectivity index (χ0n) is 19.6. The predicted octanol–water partition coefficient (Wildman–Crippen LogP) is 2.98. The van der Waals surface area contributed by atoms with Gasteiger partial charge in [-0.25, -0.2) is 19.5 Å². The standard InChI is InChI=1S/C23H29N9O/c1-24-18-14-19(21(33-5)15-20(18)31(4)13-12-30(2)3)28-23-26-9-8-16(27-23)17-6-7-22-25-10-11-32(22)29-17/h6-11,14-15,24H,12-13H2,1-5H3,(H,26,27,28). The van der Waals surface area contributed by atoms with Crippen LogP contribution in [0.5, 0.6) is 5.75 Å². The fourth-order valence-corrected chi connectivity index (χ4v) is 3.46. The van der Waals surface area contributed by atoms with Crippen LogP contribution in [0.15, 0.2) is 48.9 Å². The van der Waals surface area contributed by atoms with E-state index in [1.807, 2.05) is 37.4 Å². The second-order valence-corrected chi connectivity index (χ2v) is 7.88. The minimum absolute atomic E-state index is 0.453. The van der Waals surface area contributed by atoms with Crippen LogP contribution in [0, 0.1) is 0 Å². The fourth-order valence-electron chi connectivity index (χ4n) is 3.46.